The summed E-state index contributed by atoms with van der Waals surface area (Å²) in [6.45, 7) is 13.6. The van der Waals surface area contributed by atoms with Gasteiger partial charge < -0.3 is 9.47 Å². The topological polar surface area (TPSA) is 35.5 Å². The van der Waals surface area contributed by atoms with E-state index in [2.05, 4.69) is 13.2 Å². The van der Waals surface area contributed by atoms with Crippen LogP contribution in [0.25, 0.3) is 0 Å². The lowest BCUT2D eigenvalue weighted by Crippen LogP contribution is -2.31. The van der Waals surface area contributed by atoms with Crippen LogP contribution >= 0.6 is 0 Å². The summed E-state index contributed by atoms with van der Waals surface area (Å²) < 4.78 is 11.7. The van der Waals surface area contributed by atoms with Crippen LogP contribution in [0.1, 0.15) is 46.5 Å². The fraction of sp³-hybridized carbons (Fsp3) is 0.706. The number of carbonyl (C=O) groups excluding carboxylic acids is 1. The van der Waals surface area contributed by atoms with Crippen LogP contribution < -0.4 is 0 Å². The van der Waals surface area contributed by atoms with Crippen LogP contribution in [0.2, 0.25) is 0 Å². The lowest BCUT2D eigenvalue weighted by atomic mass is 9.76. The number of Topliss-reactive ketones (excluding diaryl/α,β-unsaturated/α-hetero) is 1. The van der Waals surface area contributed by atoms with Gasteiger partial charge in [-0.05, 0) is 46.0 Å². The third-order valence-corrected chi connectivity index (χ3v) is 4.43. The van der Waals surface area contributed by atoms with Crippen molar-refractivity contribution >= 4 is 5.78 Å². The molecule has 0 N–H and O–H groups in total. The van der Waals surface area contributed by atoms with E-state index in [-0.39, 0.29) is 18.1 Å². The minimum absolute atomic E-state index is 0.0576. The van der Waals surface area contributed by atoms with Gasteiger partial charge >= 0.3 is 0 Å². The maximum atomic E-state index is 12.3. The molecule has 1 heterocycles. The Labute approximate surface area is 122 Å². The van der Waals surface area contributed by atoms with Gasteiger partial charge in [0.1, 0.15) is 11.9 Å². The quantitative estimate of drug-likeness (QED) is 0.736. The molecule has 3 heteroatoms. The molecule has 3 nitrogen and oxygen atoms in total. The second kappa shape index (κ2) is 5.82. The highest BCUT2D eigenvalue weighted by Crippen LogP contribution is 2.37. The van der Waals surface area contributed by atoms with Gasteiger partial charge in [-0.25, -0.2) is 0 Å². The van der Waals surface area contributed by atoms with Crippen molar-refractivity contribution in [1.29, 1.82) is 0 Å². The van der Waals surface area contributed by atoms with Crippen LogP contribution in [0.5, 0.6) is 0 Å². The Kier molecular flexibility index (Phi) is 4.50. The van der Waals surface area contributed by atoms with E-state index in [1.54, 1.807) is 6.08 Å². The predicted molar refractivity (Wildman–Crippen MR) is 79.3 cm³/mol. The molecule has 0 radical (unpaired) electrons. The molecule has 112 valence electrons. The Morgan fingerprint density at radius 2 is 2.10 bits per heavy atom. The first-order valence-corrected chi connectivity index (χ1v) is 7.48. The predicted octanol–water partition coefficient (Wildman–Crippen LogP) is 3.64. The van der Waals surface area contributed by atoms with Crippen molar-refractivity contribution in [2.24, 2.45) is 11.8 Å². The zero-order chi connectivity index (χ0) is 14.9. The highest BCUT2D eigenvalue weighted by molar-refractivity contribution is 5.82. The zero-order valence-electron chi connectivity index (χ0n) is 12.9. The van der Waals surface area contributed by atoms with E-state index in [0.29, 0.717) is 18.1 Å². The average Bonchev–Trinajstić information content (AvgIpc) is 2.66. The Balaban J connectivity index is 1.95. The molecule has 1 aliphatic carbocycles. The van der Waals surface area contributed by atoms with Crippen LogP contribution in [0.3, 0.4) is 0 Å². The van der Waals surface area contributed by atoms with Crippen molar-refractivity contribution in [2.45, 2.75) is 64.4 Å². The number of rotatable bonds is 4. The maximum Gasteiger partial charge on any atom is 0.164 e. The van der Waals surface area contributed by atoms with Gasteiger partial charge in [0.05, 0.1) is 6.10 Å². The normalized spacial score (nSPS) is 36.9. The van der Waals surface area contributed by atoms with Crippen molar-refractivity contribution in [3.8, 4) is 0 Å². The molecule has 0 aromatic rings. The maximum absolute atomic E-state index is 12.3. The lowest BCUT2D eigenvalue weighted by Gasteiger charge is -2.29. The summed E-state index contributed by atoms with van der Waals surface area (Å²) in [5.74, 6) is 0.226. The van der Waals surface area contributed by atoms with E-state index in [1.165, 1.54) is 0 Å². The van der Waals surface area contributed by atoms with Gasteiger partial charge in [-0.3, -0.25) is 4.79 Å². The molecule has 1 aliphatic heterocycles. The molecule has 1 unspecified atom stereocenters. The molecular weight excluding hydrogens is 252 g/mol. The Morgan fingerprint density at radius 1 is 1.40 bits per heavy atom. The molecular formula is C17H26O3. The van der Waals surface area contributed by atoms with Crippen molar-refractivity contribution < 1.29 is 14.3 Å². The fourth-order valence-electron chi connectivity index (χ4n) is 3.27. The van der Waals surface area contributed by atoms with Crippen molar-refractivity contribution in [2.75, 3.05) is 0 Å². The van der Waals surface area contributed by atoms with Gasteiger partial charge in [0.25, 0.3) is 0 Å². The van der Waals surface area contributed by atoms with Crippen LogP contribution in [-0.2, 0) is 14.3 Å². The Bertz CT molecular complexity index is 410. The molecule has 2 fully saturated rings. The molecule has 0 amide bonds. The molecule has 1 saturated heterocycles. The molecule has 2 aliphatic rings. The second-order valence-corrected chi connectivity index (χ2v) is 6.60. The number of allylic oxidation sites excluding steroid dienone is 1. The Morgan fingerprint density at radius 3 is 2.65 bits per heavy atom. The third-order valence-electron chi connectivity index (χ3n) is 4.43. The van der Waals surface area contributed by atoms with Gasteiger partial charge in [0, 0.05) is 12.3 Å². The summed E-state index contributed by atoms with van der Waals surface area (Å²) in [4.78, 5) is 12.3. The number of hydrogen-bond donors (Lipinski definition) is 0. The first-order valence-electron chi connectivity index (χ1n) is 7.48. The minimum Gasteiger partial charge on any atom is -0.344 e. The summed E-state index contributed by atoms with van der Waals surface area (Å²) in [5.41, 5.74) is 1.13. The number of hydrogen-bond acceptors (Lipinski definition) is 3. The van der Waals surface area contributed by atoms with Crippen molar-refractivity contribution in [1.82, 2.24) is 0 Å². The standard InChI is InChI=1S/C17H26O3/c1-6-15-16(20-17(4,5)19-15)10-13-8-7-12(11(2)3)9-14(13)18/h6,12-13,15-16H,1-2,7-10H2,3-5H3/t12-,13?,15-,16-/m1/s1. The van der Waals surface area contributed by atoms with Crippen LogP contribution in [-0.4, -0.2) is 23.8 Å². The molecule has 0 bridgehead atoms. The first kappa shape index (κ1) is 15.5. The van der Waals surface area contributed by atoms with Gasteiger partial charge in [-0.2, -0.15) is 0 Å². The summed E-state index contributed by atoms with van der Waals surface area (Å²) in [7, 11) is 0. The number of carbonyl (C=O) groups is 1. The third kappa shape index (κ3) is 3.39. The van der Waals surface area contributed by atoms with E-state index >= 15 is 0 Å². The highest BCUT2D eigenvalue weighted by atomic mass is 16.7. The zero-order valence-corrected chi connectivity index (χ0v) is 12.9. The second-order valence-electron chi connectivity index (χ2n) is 6.60. The number of ketones is 1. The summed E-state index contributed by atoms with van der Waals surface area (Å²) in [6.07, 6.45) is 4.97. The molecule has 4 atom stereocenters. The minimum atomic E-state index is -0.582. The smallest absolute Gasteiger partial charge is 0.164 e. The molecule has 1 saturated carbocycles. The van der Waals surface area contributed by atoms with E-state index < -0.39 is 5.79 Å². The SMILES string of the molecule is C=C[C@H]1OC(C)(C)O[C@@H]1CC1CC[C@@H](C(=C)C)CC1=O. The van der Waals surface area contributed by atoms with E-state index in [0.717, 1.165) is 24.8 Å². The van der Waals surface area contributed by atoms with Gasteiger partial charge in [-0.1, -0.05) is 18.2 Å². The largest absolute Gasteiger partial charge is 0.344 e. The molecule has 0 aromatic heterocycles. The van der Waals surface area contributed by atoms with Crippen LogP contribution in [0.4, 0.5) is 0 Å². The van der Waals surface area contributed by atoms with E-state index in [1.807, 2.05) is 20.8 Å². The Hall–Kier alpha value is -0.930. The monoisotopic (exact) mass is 278 g/mol. The van der Waals surface area contributed by atoms with E-state index in [4.69, 9.17) is 9.47 Å². The van der Waals surface area contributed by atoms with Crippen molar-refractivity contribution in [3.63, 3.8) is 0 Å². The van der Waals surface area contributed by atoms with Gasteiger partial charge in [-0.15, -0.1) is 6.58 Å². The average molecular weight is 278 g/mol. The van der Waals surface area contributed by atoms with Crippen LogP contribution in [0.15, 0.2) is 24.8 Å². The first-order chi connectivity index (χ1) is 9.32. The molecule has 0 spiro atoms. The number of ether oxygens (including phenoxy) is 2. The van der Waals surface area contributed by atoms with Crippen molar-refractivity contribution in [3.05, 3.63) is 24.8 Å². The molecule has 0 aromatic carbocycles. The highest BCUT2D eigenvalue weighted by Gasteiger charge is 2.42. The van der Waals surface area contributed by atoms with E-state index in [9.17, 15) is 4.79 Å². The fourth-order valence-corrected chi connectivity index (χ4v) is 3.27. The molecule has 2 rings (SSSR count). The summed E-state index contributed by atoms with van der Waals surface area (Å²) >= 11 is 0. The van der Waals surface area contributed by atoms with Gasteiger partial charge in [0.2, 0.25) is 0 Å². The van der Waals surface area contributed by atoms with Crippen LogP contribution in [0, 0.1) is 11.8 Å². The lowest BCUT2D eigenvalue weighted by molar-refractivity contribution is -0.146. The summed E-state index contributed by atoms with van der Waals surface area (Å²) in [6, 6.07) is 0. The van der Waals surface area contributed by atoms with Gasteiger partial charge in [0.15, 0.2) is 5.79 Å². The molecule has 20 heavy (non-hydrogen) atoms. The summed E-state index contributed by atoms with van der Waals surface area (Å²) in [5, 5.41) is 0.